The fourth-order valence-corrected chi connectivity index (χ4v) is 9.46. The molecule has 1 unspecified atom stereocenters. The van der Waals surface area contributed by atoms with E-state index in [1.54, 1.807) is 18.2 Å². The SMILES string of the molecule is C=C1c2cc(OCCOCCOCCOCCOCC3CCC(n4c(NC(=O)c5cccc(C(F)(F)F)c5)nc5cc(CN6CCCCC6)ccc54)CC3)ccc2C(=O)N1C1CCC(=O)NC1=O. The third-order valence-corrected chi connectivity index (χ3v) is 13.0. The van der Waals surface area contributed by atoms with E-state index < -0.39 is 29.6 Å². The highest BCUT2D eigenvalue weighted by Crippen LogP contribution is 2.39. The van der Waals surface area contributed by atoms with E-state index in [0.29, 0.717) is 87.3 Å². The molecule has 1 saturated carbocycles. The maximum atomic E-state index is 13.5. The largest absolute Gasteiger partial charge is 0.491 e. The van der Waals surface area contributed by atoms with Crippen LogP contribution in [0.15, 0.2) is 67.2 Å². The minimum Gasteiger partial charge on any atom is -0.491 e. The molecule has 1 aliphatic carbocycles. The van der Waals surface area contributed by atoms with E-state index in [4.69, 9.17) is 28.7 Å². The average molecular weight is 945 g/mol. The Morgan fingerprint density at radius 1 is 0.794 bits per heavy atom. The number of nitrogens with one attached hydrogen (secondary N) is 2. The monoisotopic (exact) mass is 944 g/mol. The number of aromatic nitrogens is 2. The van der Waals surface area contributed by atoms with Gasteiger partial charge in [-0.15, -0.1) is 0 Å². The van der Waals surface area contributed by atoms with E-state index >= 15 is 0 Å². The molecule has 3 aromatic carbocycles. The first-order valence-corrected chi connectivity index (χ1v) is 23.6. The van der Waals surface area contributed by atoms with Crippen LogP contribution in [0.4, 0.5) is 19.1 Å². The van der Waals surface area contributed by atoms with Gasteiger partial charge < -0.3 is 28.3 Å². The molecule has 1 aromatic heterocycles. The molecule has 15 nitrogen and oxygen atoms in total. The van der Waals surface area contributed by atoms with E-state index in [9.17, 15) is 32.3 Å². The summed E-state index contributed by atoms with van der Waals surface area (Å²) in [4.78, 5) is 59.1. The van der Waals surface area contributed by atoms with Gasteiger partial charge in [-0.2, -0.15) is 13.2 Å². The Bertz CT molecular complexity index is 2450. The number of piperidine rings is 2. The Kier molecular flexibility index (Phi) is 16.2. The minimum atomic E-state index is -4.57. The number of rotatable bonds is 21. The number of hydrogen-bond donors (Lipinski definition) is 2. The lowest BCUT2D eigenvalue weighted by molar-refractivity contribution is -0.138. The number of carbonyl (C=O) groups is 4. The second kappa shape index (κ2) is 22.6. The Labute approximate surface area is 393 Å². The van der Waals surface area contributed by atoms with Crippen LogP contribution >= 0.6 is 0 Å². The normalized spacial score (nSPS) is 20.2. The number of fused-ring (bicyclic) bond motifs is 2. The first-order chi connectivity index (χ1) is 32.9. The summed E-state index contributed by atoms with van der Waals surface area (Å²) >= 11 is 0. The zero-order valence-electron chi connectivity index (χ0n) is 38.2. The van der Waals surface area contributed by atoms with Crippen molar-refractivity contribution in [2.24, 2.45) is 5.92 Å². The van der Waals surface area contributed by atoms with Gasteiger partial charge in [0.2, 0.25) is 17.8 Å². The van der Waals surface area contributed by atoms with Gasteiger partial charge in [0.25, 0.3) is 11.8 Å². The number of ether oxygens (including phenoxy) is 5. The van der Waals surface area contributed by atoms with E-state index in [0.717, 1.165) is 74.0 Å². The number of alkyl halides is 3. The maximum Gasteiger partial charge on any atom is 0.416 e. The number of carbonyl (C=O) groups excluding carboxylic acids is 4. The van der Waals surface area contributed by atoms with Gasteiger partial charge in [-0.25, -0.2) is 4.98 Å². The molecule has 2 N–H and O–H groups in total. The standard InChI is InChI=1S/C50H59F3N6O9/c1-33-41-30-39(13-14-40(41)48(63)58(33)44-16-17-45(60)55-47(44)62)68-27-26-66-23-22-64-20-21-65-24-25-67-32-34-8-11-38(12-9-34)59-43-15-10-35(31-57-18-3-2-4-19-57)28-42(43)54-49(59)56-46(61)36-6-5-7-37(29-36)50(51,52)53/h5-7,10,13-15,28-30,34,38,44H,1-4,8-9,11-12,16-27,31-32H2,(H,54,56,61)(H,55,60,62). The summed E-state index contributed by atoms with van der Waals surface area (Å²) in [5.74, 6) is -0.607. The fraction of sp³-hybridized carbons (Fsp3) is 0.500. The smallest absolute Gasteiger partial charge is 0.416 e. The quantitative estimate of drug-likeness (QED) is 0.0633. The molecule has 3 fully saturated rings. The molecule has 4 heterocycles. The number of likely N-dealkylation sites (tertiary alicyclic amines) is 1. The van der Waals surface area contributed by atoms with E-state index in [1.807, 2.05) is 0 Å². The molecule has 2 saturated heterocycles. The fourth-order valence-electron chi connectivity index (χ4n) is 9.46. The molecular weight excluding hydrogens is 886 g/mol. The topological polar surface area (TPSA) is 163 Å². The molecule has 68 heavy (non-hydrogen) atoms. The van der Waals surface area contributed by atoms with E-state index in [2.05, 4.69) is 44.9 Å². The van der Waals surface area contributed by atoms with Crippen molar-refractivity contribution in [2.45, 2.75) is 82.6 Å². The molecular formula is C50H59F3N6O9. The maximum absolute atomic E-state index is 13.5. The number of anilines is 1. The van der Waals surface area contributed by atoms with Crippen molar-refractivity contribution in [3.8, 4) is 5.75 Å². The second-order valence-electron chi connectivity index (χ2n) is 17.7. The van der Waals surface area contributed by atoms with Crippen LogP contribution in [-0.2, 0) is 41.3 Å². The van der Waals surface area contributed by atoms with Crippen LogP contribution in [0.5, 0.6) is 5.75 Å². The zero-order chi connectivity index (χ0) is 47.6. The Morgan fingerprint density at radius 3 is 2.21 bits per heavy atom. The Balaban J connectivity index is 0.706. The highest BCUT2D eigenvalue weighted by Gasteiger charge is 2.41. The van der Waals surface area contributed by atoms with Gasteiger partial charge in [-0.05, 0) is 118 Å². The molecule has 4 aliphatic rings. The van der Waals surface area contributed by atoms with Gasteiger partial charge >= 0.3 is 6.18 Å². The van der Waals surface area contributed by atoms with E-state index in [-0.39, 0.29) is 42.9 Å². The lowest BCUT2D eigenvalue weighted by Crippen LogP contribution is -2.52. The van der Waals surface area contributed by atoms with Gasteiger partial charge in [0.1, 0.15) is 18.4 Å². The van der Waals surface area contributed by atoms with Gasteiger partial charge in [0.05, 0.1) is 62.8 Å². The molecule has 8 rings (SSSR count). The number of nitrogens with zero attached hydrogens (tertiary/aromatic N) is 4. The minimum absolute atomic E-state index is 0.0387. The summed E-state index contributed by atoms with van der Waals surface area (Å²) < 4.78 is 71.2. The van der Waals surface area contributed by atoms with Crippen LogP contribution in [0.3, 0.4) is 0 Å². The van der Waals surface area contributed by atoms with Crippen molar-refractivity contribution in [1.29, 1.82) is 0 Å². The van der Waals surface area contributed by atoms with Crippen LogP contribution in [0.1, 0.15) is 101 Å². The summed E-state index contributed by atoms with van der Waals surface area (Å²) in [6, 6.07) is 15.0. The van der Waals surface area contributed by atoms with Gasteiger partial charge in [0.15, 0.2) is 0 Å². The van der Waals surface area contributed by atoms with Crippen molar-refractivity contribution < 1.29 is 56.0 Å². The van der Waals surface area contributed by atoms with Crippen molar-refractivity contribution in [1.82, 2.24) is 24.7 Å². The van der Waals surface area contributed by atoms with Crippen LogP contribution in [0, 0.1) is 5.92 Å². The number of halogens is 3. The molecule has 4 aromatic rings. The molecule has 3 aliphatic heterocycles. The Morgan fingerprint density at radius 2 is 1.50 bits per heavy atom. The number of amides is 4. The highest BCUT2D eigenvalue weighted by atomic mass is 19.4. The average Bonchev–Trinajstić information content (AvgIpc) is 3.80. The number of imidazole rings is 1. The van der Waals surface area contributed by atoms with Crippen molar-refractivity contribution in [2.75, 3.05) is 77.9 Å². The number of hydrogen-bond acceptors (Lipinski definition) is 11. The lowest BCUT2D eigenvalue weighted by Gasteiger charge is -2.30. The van der Waals surface area contributed by atoms with Gasteiger partial charge in [-0.1, -0.05) is 25.1 Å². The van der Waals surface area contributed by atoms with Gasteiger partial charge in [0, 0.05) is 48.0 Å². The first kappa shape index (κ1) is 48.8. The number of benzene rings is 3. The lowest BCUT2D eigenvalue weighted by atomic mass is 9.86. The van der Waals surface area contributed by atoms with Crippen molar-refractivity contribution in [3.05, 3.63) is 95.1 Å². The second-order valence-corrected chi connectivity index (χ2v) is 17.7. The van der Waals surface area contributed by atoms with Crippen LogP contribution in [0.25, 0.3) is 16.7 Å². The van der Waals surface area contributed by atoms with Crippen molar-refractivity contribution in [3.63, 3.8) is 0 Å². The molecule has 18 heteroatoms. The zero-order valence-corrected chi connectivity index (χ0v) is 38.2. The first-order valence-electron chi connectivity index (χ1n) is 23.6. The summed E-state index contributed by atoms with van der Waals surface area (Å²) in [5, 5.41) is 5.15. The molecule has 364 valence electrons. The molecule has 4 amide bonds. The summed E-state index contributed by atoms with van der Waals surface area (Å²) in [7, 11) is 0. The molecule has 0 radical (unpaired) electrons. The van der Waals surface area contributed by atoms with Crippen LogP contribution in [-0.4, -0.2) is 122 Å². The third-order valence-electron chi connectivity index (χ3n) is 13.0. The van der Waals surface area contributed by atoms with E-state index in [1.165, 1.54) is 36.3 Å². The predicted octanol–water partition coefficient (Wildman–Crippen LogP) is 7.40. The van der Waals surface area contributed by atoms with Gasteiger partial charge in [-0.3, -0.25) is 39.6 Å². The molecule has 1 atom stereocenters. The summed E-state index contributed by atoms with van der Waals surface area (Å²) in [6.45, 7) is 10.6. The molecule has 0 spiro atoms. The Hall–Kier alpha value is -5.66. The van der Waals surface area contributed by atoms with Crippen LogP contribution in [0.2, 0.25) is 0 Å². The van der Waals surface area contributed by atoms with Crippen LogP contribution < -0.4 is 15.4 Å². The predicted molar refractivity (Wildman–Crippen MR) is 246 cm³/mol. The highest BCUT2D eigenvalue weighted by molar-refractivity contribution is 6.12. The van der Waals surface area contributed by atoms with Crippen molar-refractivity contribution >= 4 is 46.3 Å². The number of imide groups is 1. The molecule has 0 bridgehead atoms. The summed E-state index contributed by atoms with van der Waals surface area (Å²) in [6.07, 6.45) is 2.91. The third kappa shape index (κ3) is 12.1. The summed E-state index contributed by atoms with van der Waals surface area (Å²) in [5.41, 5.74) is 3.21.